The van der Waals surface area contributed by atoms with E-state index in [1.807, 2.05) is 0 Å². The number of fused-ring (bicyclic) bond motifs is 2. The zero-order valence-electron chi connectivity index (χ0n) is 11.5. The molecule has 0 aromatic carbocycles. The van der Waals surface area contributed by atoms with Crippen LogP contribution in [0.25, 0.3) is 0 Å². The smallest absolute Gasteiger partial charge is 0.00673 e. The Morgan fingerprint density at radius 2 is 1.76 bits per heavy atom. The van der Waals surface area contributed by atoms with Crippen LogP contribution in [-0.2, 0) is 0 Å². The average molecular weight is 235 g/mol. The van der Waals surface area contributed by atoms with Crippen molar-refractivity contribution in [2.24, 2.45) is 23.7 Å². The molecule has 3 unspecified atom stereocenters. The van der Waals surface area contributed by atoms with Crippen molar-refractivity contribution in [3.05, 3.63) is 0 Å². The molecule has 1 heteroatoms. The summed E-state index contributed by atoms with van der Waals surface area (Å²) in [6, 6.07) is 0.858. The van der Waals surface area contributed by atoms with Gasteiger partial charge in [0.05, 0.1) is 0 Å². The van der Waals surface area contributed by atoms with Crippen LogP contribution in [0.15, 0.2) is 0 Å². The van der Waals surface area contributed by atoms with E-state index >= 15 is 0 Å². The molecule has 0 aromatic rings. The van der Waals surface area contributed by atoms with Crippen LogP contribution < -0.4 is 5.32 Å². The maximum Gasteiger partial charge on any atom is 0.00673 e. The van der Waals surface area contributed by atoms with Crippen molar-refractivity contribution in [3.8, 4) is 0 Å². The number of rotatable bonds is 4. The van der Waals surface area contributed by atoms with Crippen LogP contribution in [0, 0.1) is 23.7 Å². The number of hydrogen-bond donors (Lipinski definition) is 1. The van der Waals surface area contributed by atoms with Crippen LogP contribution >= 0.6 is 0 Å². The highest BCUT2D eigenvalue weighted by Crippen LogP contribution is 2.48. The first-order chi connectivity index (χ1) is 8.35. The Morgan fingerprint density at radius 1 is 0.941 bits per heavy atom. The zero-order chi connectivity index (χ0) is 11.7. The van der Waals surface area contributed by atoms with Crippen molar-refractivity contribution in [2.75, 3.05) is 6.54 Å². The summed E-state index contributed by atoms with van der Waals surface area (Å²) in [7, 11) is 0. The second-order valence-electron chi connectivity index (χ2n) is 6.97. The van der Waals surface area contributed by atoms with Gasteiger partial charge in [-0.3, -0.25) is 0 Å². The summed E-state index contributed by atoms with van der Waals surface area (Å²) < 4.78 is 0. The molecule has 98 valence electrons. The van der Waals surface area contributed by atoms with Gasteiger partial charge in [-0.05, 0) is 75.2 Å². The van der Waals surface area contributed by atoms with Crippen LogP contribution in [-0.4, -0.2) is 12.6 Å². The van der Waals surface area contributed by atoms with E-state index in [1.54, 1.807) is 25.7 Å². The molecule has 1 N–H and O–H groups in total. The SMILES string of the molecule is CCC1CCC(NCC2CC3CCC2C3)CC1. The lowest BCUT2D eigenvalue weighted by molar-refractivity contribution is 0.253. The quantitative estimate of drug-likeness (QED) is 0.777. The number of nitrogens with one attached hydrogen (secondary N) is 1. The molecular weight excluding hydrogens is 206 g/mol. The minimum absolute atomic E-state index is 0.858. The second kappa shape index (κ2) is 5.30. The molecule has 3 atom stereocenters. The summed E-state index contributed by atoms with van der Waals surface area (Å²) in [5, 5.41) is 3.89. The molecule has 1 nitrogen and oxygen atoms in total. The molecule has 0 amide bonds. The molecule has 3 aliphatic carbocycles. The van der Waals surface area contributed by atoms with Gasteiger partial charge in [0.15, 0.2) is 0 Å². The van der Waals surface area contributed by atoms with E-state index in [0.717, 1.165) is 29.7 Å². The summed E-state index contributed by atoms with van der Waals surface area (Å²) >= 11 is 0. The molecule has 0 heterocycles. The highest BCUT2D eigenvalue weighted by Gasteiger charge is 2.39. The molecular formula is C16H29N. The maximum atomic E-state index is 3.89. The third-order valence-electron chi connectivity index (χ3n) is 5.98. The third kappa shape index (κ3) is 2.70. The van der Waals surface area contributed by atoms with E-state index in [0.29, 0.717) is 0 Å². The van der Waals surface area contributed by atoms with Gasteiger partial charge in [0.2, 0.25) is 0 Å². The molecule has 3 rings (SSSR count). The van der Waals surface area contributed by atoms with Crippen LogP contribution in [0.5, 0.6) is 0 Å². The van der Waals surface area contributed by atoms with Gasteiger partial charge in [-0.2, -0.15) is 0 Å². The molecule has 0 aliphatic heterocycles. The predicted octanol–water partition coefficient (Wildman–Crippen LogP) is 3.98. The maximum absolute atomic E-state index is 3.89. The monoisotopic (exact) mass is 235 g/mol. The minimum atomic E-state index is 0.858. The topological polar surface area (TPSA) is 12.0 Å². The Bertz CT molecular complexity index is 242. The van der Waals surface area contributed by atoms with E-state index < -0.39 is 0 Å². The lowest BCUT2D eigenvalue weighted by atomic mass is 9.83. The molecule has 3 aliphatic rings. The minimum Gasteiger partial charge on any atom is -0.314 e. The van der Waals surface area contributed by atoms with E-state index in [2.05, 4.69) is 12.2 Å². The molecule has 0 saturated heterocycles. The Balaban J connectivity index is 1.38. The van der Waals surface area contributed by atoms with Gasteiger partial charge in [0.25, 0.3) is 0 Å². The molecule has 3 fully saturated rings. The normalized spacial score (nSPS) is 45.4. The average Bonchev–Trinajstić information content (AvgIpc) is 2.99. The molecule has 0 radical (unpaired) electrons. The van der Waals surface area contributed by atoms with Crippen molar-refractivity contribution < 1.29 is 0 Å². The standard InChI is InChI=1S/C16H29N/c1-2-12-4-7-16(8-5-12)17-11-15-10-13-3-6-14(15)9-13/h12-17H,2-11H2,1H3. The Hall–Kier alpha value is -0.0400. The van der Waals surface area contributed by atoms with Gasteiger partial charge in [-0.25, -0.2) is 0 Å². The van der Waals surface area contributed by atoms with E-state index in [-0.39, 0.29) is 0 Å². The molecule has 0 spiro atoms. The highest BCUT2D eigenvalue weighted by atomic mass is 14.9. The summed E-state index contributed by atoms with van der Waals surface area (Å²) in [5.74, 6) is 4.29. The first kappa shape index (κ1) is 12.0. The molecule has 0 aromatic heterocycles. The Kier molecular flexibility index (Phi) is 3.75. The van der Waals surface area contributed by atoms with Crippen molar-refractivity contribution in [3.63, 3.8) is 0 Å². The lowest BCUT2D eigenvalue weighted by Gasteiger charge is -2.31. The summed E-state index contributed by atoms with van der Waals surface area (Å²) in [5.41, 5.74) is 0. The largest absolute Gasteiger partial charge is 0.314 e. The summed E-state index contributed by atoms with van der Waals surface area (Å²) in [6.45, 7) is 3.69. The van der Waals surface area contributed by atoms with Gasteiger partial charge >= 0.3 is 0 Å². The summed E-state index contributed by atoms with van der Waals surface area (Å²) in [4.78, 5) is 0. The van der Waals surface area contributed by atoms with Gasteiger partial charge in [0.1, 0.15) is 0 Å². The van der Waals surface area contributed by atoms with E-state index in [1.165, 1.54) is 38.6 Å². The molecule has 3 saturated carbocycles. The van der Waals surface area contributed by atoms with Crippen molar-refractivity contribution >= 4 is 0 Å². The fourth-order valence-electron chi connectivity index (χ4n) is 4.72. The van der Waals surface area contributed by atoms with Crippen molar-refractivity contribution in [1.29, 1.82) is 0 Å². The highest BCUT2D eigenvalue weighted by molar-refractivity contribution is 4.91. The fourth-order valence-corrected chi connectivity index (χ4v) is 4.72. The van der Waals surface area contributed by atoms with Crippen LogP contribution in [0.3, 0.4) is 0 Å². The van der Waals surface area contributed by atoms with Gasteiger partial charge in [-0.15, -0.1) is 0 Å². The second-order valence-corrected chi connectivity index (χ2v) is 6.97. The Labute approximate surface area is 107 Å². The summed E-state index contributed by atoms with van der Waals surface area (Å²) in [6.07, 6.45) is 13.4. The van der Waals surface area contributed by atoms with Crippen LogP contribution in [0.2, 0.25) is 0 Å². The zero-order valence-corrected chi connectivity index (χ0v) is 11.5. The van der Waals surface area contributed by atoms with Crippen molar-refractivity contribution in [1.82, 2.24) is 5.32 Å². The predicted molar refractivity (Wildman–Crippen MR) is 73.0 cm³/mol. The van der Waals surface area contributed by atoms with Gasteiger partial charge in [-0.1, -0.05) is 19.8 Å². The molecule has 17 heavy (non-hydrogen) atoms. The third-order valence-corrected chi connectivity index (χ3v) is 5.98. The Morgan fingerprint density at radius 3 is 2.35 bits per heavy atom. The fraction of sp³-hybridized carbons (Fsp3) is 1.00. The van der Waals surface area contributed by atoms with Crippen LogP contribution in [0.1, 0.15) is 64.7 Å². The van der Waals surface area contributed by atoms with Crippen molar-refractivity contribution in [2.45, 2.75) is 70.8 Å². The van der Waals surface area contributed by atoms with Crippen LogP contribution in [0.4, 0.5) is 0 Å². The van der Waals surface area contributed by atoms with Gasteiger partial charge < -0.3 is 5.32 Å². The lowest BCUT2D eigenvalue weighted by Crippen LogP contribution is -2.37. The molecule has 2 bridgehead atoms. The number of hydrogen-bond acceptors (Lipinski definition) is 1. The first-order valence-corrected chi connectivity index (χ1v) is 8.08. The first-order valence-electron chi connectivity index (χ1n) is 8.08. The van der Waals surface area contributed by atoms with E-state index in [4.69, 9.17) is 0 Å². The van der Waals surface area contributed by atoms with Gasteiger partial charge in [0, 0.05) is 6.04 Å². The van der Waals surface area contributed by atoms with E-state index in [9.17, 15) is 0 Å².